The zero-order valence-corrected chi connectivity index (χ0v) is 19.0. The molecule has 3 saturated carbocycles. The van der Waals surface area contributed by atoms with Crippen LogP contribution in [0.2, 0.25) is 5.02 Å². The van der Waals surface area contributed by atoms with Gasteiger partial charge in [0.15, 0.2) is 0 Å². The number of carbonyl (C=O) groups excluding carboxylic acids is 2. The number of carbonyl (C=O) groups is 2. The normalized spacial score (nSPS) is 41.6. The highest BCUT2D eigenvalue weighted by Crippen LogP contribution is 2.64. The number of ether oxygens (including phenoxy) is 1. The molecule has 4 aliphatic carbocycles. The fraction of sp³-hybridized carbons (Fsp3) is 0.615. The molecule has 4 aliphatic rings. The number of rotatable bonds is 2. The van der Waals surface area contributed by atoms with Gasteiger partial charge >= 0.3 is 5.97 Å². The maximum absolute atomic E-state index is 12.6. The molecule has 4 nitrogen and oxygen atoms in total. The number of esters is 1. The average molecular weight is 443 g/mol. The van der Waals surface area contributed by atoms with Crippen molar-refractivity contribution in [1.82, 2.24) is 0 Å². The predicted molar refractivity (Wildman–Crippen MR) is 119 cm³/mol. The molecule has 0 heterocycles. The van der Waals surface area contributed by atoms with Crippen molar-refractivity contribution in [2.24, 2.45) is 28.6 Å². The first-order chi connectivity index (χ1) is 14.7. The summed E-state index contributed by atoms with van der Waals surface area (Å²) in [5, 5.41) is 11.7. The number of Topliss-reactive ketones (excluding diaryl/α,β-unsaturated/α-hetero) is 1. The van der Waals surface area contributed by atoms with Gasteiger partial charge in [0.05, 0.1) is 11.7 Å². The van der Waals surface area contributed by atoms with Gasteiger partial charge in [-0.05, 0) is 73.5 Å². The zero-order chi connectivity index (χ0) is 22.0. The van der Waals surface area contributed by atoms with Crippen molar-refractivity contribution in [1.29, 1.82) is 0 Å². The fourth-order valence-corrected chi connectivity index (χ4v) is 7.51. The van der Waals surface area contributed by atoms with Crippen LogP contribution in [0.4, 0.5) is 0 Å². The number of aliphatic hydroxyl groups is 1. The Kier molecular flexibility index (Phi) is 5.10. The van der Waals surface area contributed by atoms with Gasteiger partial charge in [-0.3, -0.25) is 4.79 Å². The highest BCUT2D eigenvalue weighted by Gasteiger charge is 2.60. The summed E-state index contributed by atoms with van der Waals surface area (Å²) in [4.78, 5) is 25.2. The van der Waals surface area contributed by atoms with Crippen LogP contribution in [0.25, 0.3) is 0 Å². The minimum absolute atomic E-state index is 0.00975. The van der Waals surface area contributed by atoms with Gasteiger partial charge in [-0.1, -0.05) is 43.2 Å². The second-order valence-electron chi connectivity index (χ2n) is 10.6. The molecule has 0 amide bonds. The van der Waals surface area contributed by atoms with E-state index in [9.17, 15) is 14.7 Å². The SMILES string of the molecule is C[C@]12CC[C@H](OC(=O)c3cccc(Cl)c3)CC1=CC(O)C1C2CC[C@]2(C)C(=O)CCC12. The van der Waals surface area contributed by atoms with Crippen molar-refractivity contribution in [2.75, 3.05) is 0 Å². The largest absolute Gasteiger partial charge is 0.458 e. The van der Waals surface area contributed by atoms with Gasteiger partial charge in [-0.25, -0.2) is 4.79 Å². The minimum Gasteiger partial charge on any atom is -0.458 e. The van der Waals surface area contributed by atoms with Crippen LogP contribution < -0.4 is 0 Å². The molecule has 1 N–H and O–H groups in total. The second-order valence-corrected chi connectivity index (χ2v) is 11.0. The molecule has 0 aliphatic heterocycles. The number of fused-ring (bicyclic) bond motifs is 5. The first-order valence-electron chi connectivity index (χ1n) is 11.6. The summed E-state index contributed by atoms with van der Waals surface area (Å²) in [6.07, 6.45) is 7.25. The van der Waals surface area contributed by atoms with Gasteiger partial charge < -0.3 is 9.84 Å². The molecule has 0 spiro atoms. The summed E-state index contributed by atoms with van der Waals surface area (Å²) in [6, 6.07) is 6.84. The van der Waals surface area contributed by atoms with E-state index in [-0.39, 0.29) is 34.7 Å². The molecule has 166 valence electrons. The summed E-state index contributed by atoms with van der Waals surface area (Å²) in [5.74, 6) is 0.867. The molecule has 5 rings (SSSR count). The molecule has 7 atom stereocenters. The summed E-state index contributed by atoms with van der Waals surface area (Å²) >= 11 is 6.01. The maximum Gasteiger partial charge on any atom is 0.338 e. The van der Waals surface area contributed by atoms with Crippen molar-refractivity contribution in [3.63, 3.8) is 0 Å². The fourth-order valence-electron chi connectivity index (χ4n) is 7.32. The van der Waals surface area contributed by atoms with Crippen LogP contribution in [0.1, 0.15) is 69.2 Å². The van der Waals surface area contributed by atoms with Crippen LogP contribution in [-0.4, -0.2) is 29.1 Å². The van der Waals surface area contributed by atoms with Crippen LogP contribution >= 0.6 is 11.6 Å². The van der Waals surface area contributed by atoms with E-state index in [1.54, 1.807) is 24.3 Å². The smallest absolute Gasteiger partial charge is 0.338 e. The Hall–Kier alpha value is -1.65. The Morgan fingerprint density at radius 1 is 1.13 bits per heavy atom. The third-order valence-electron chi connectivity index (χ3n) is 9.13. The Balaban J connectivity index is 1.36. The Labute approximate surface area is 189 Å². The lowest BCUT2D eigenvalue weighted by Crippen LogP contribution is -2.54. The number of ketones is 1. The highest BCUT2D eigenvalue weighted by molar-refractivity contribution is 6.30. The molecule has 1 aromatic carbocycles. The Morgan fingerprint density at radius 3 is 2.65 bits per heavy atom. The Bertz CT molecular complexity index is 954. The van der Waals surface area contributed by atoms with Gasteiger partial charge in [0.2, 0.25) is 0 Å². The first-order valence-corrected chi connectivity index (χ1v) is 12.0. The maximum atomic E-state index is 12.6. The van der Waals surface area contributed by atoms with Gasteiger partial charge in [-0.2, -0.15) is 0 Å². The van der Waals surface area contributed by atoms with Crippen LogP contribution in [-0.2, 0) is 9.53 Å². The standard InChI is InChI=1S/C26H31ClO4/c1-25-10-8-18(31-24(30)15-4-3-5-17(27)12-15)13-16(25)14-21(28)23-19-6-7-22(29)26(19,2)11-9-20(23)25/h3-5,12,14,18-21,23,28H,6-11,13H2,1-2H3/t18-,19?,20?,21?,23?,25-,26-/m0/s1. The minimum atomic E-state index is -0.522. The van der Waals surface area contributed by atoms with E-state index in [0.717, 1.165) is 32.1 Å². The van der Waals surface area contributed by atoms with Gasteiger partial charge in [0.25, 0.3) is 0 Å². The number of hydrogen-bond acceptors (Lipinski definition) is 4. The van der Waals surface area contributed by atoms with E-state index < -0.39 is 6.10 Å². The first kappa shape index (κ1) is 21.2. The highest BCUT2D eigenvalue weighted by atomic mass is 35.5. The summed E-state index contributed by atoms with van der Waals surface area (Å²) in [6.45, 7) is 4.46. The van der Waals surface area contributed by atoms with Crippen LogP contribution in [0, 0.1) is 28.6 Å². The van der Waals surface area contributed by atoms with Gasteiger partial charge in [0, 0.05) is 23.3 Å². The molecule has 0 saturated heterocycles. The van der Waals surface area contributed by atoms with Crippen molar-refractivity contribution < 1.29 is 19.4 Å². The lowest BCUT2D eigenvalue weighted by atomic mass is 9.47. The third kappa shape index (κ3) is 3.29. The molecular weight excluding hydrogens is 412 g/mol. The molecule has 0 aromatic heterocycles. The summed E-state index contributed by atoms with van der Waals surface area (Å²) < 4.78 is 5.83. The van der Waals surface area contributed by atoms with E-state index in [0.29, 0.717) is 35.1 Å². The second kappa shape index (κ2) is 7.45. The predicted octanol–water partition coefficient (Wildman–Crippen LogP) is 5.37. The van der Waals surface area contributed by atoms with Crippen LogP contribution in [0.5, 0.6) is 0 Å². The van der Waals surface area contributed by atoms with Crippen LogP contribution in [0.15, 0.2) is 35.9 Å². The lowest BCUT2D eigenvalue weighted by Gasteiger charge is -2.58. The third-order valence-corrected chi connectivity index (χ3v) is 9.36. The topological polar surface area (TPSA) is 63.6 Å². The monoisotopic (exact) mass is 442 g/mol. The quantitative estimate of drug-likeness (QED) is 0.494. The van der Waals surface area contributed by atoms with Crippen LogP contribution in [0.3, 0.4) is 0 Å². The van der Waals surface area contributed by atoms with E-state index in [1.807, 2.05) is 6.08 Å². The van der Waals surface area contributed by atoms with Crippen molar-refractivity contribution in [3.05, 3.63) is 46.5 Å². The summed E-state index contributed by atoms with van der Waals surface area (Å²) in [5.41, 5.74) is 1.45. The van der Waals surface area contributed by atoms with Crippen molar-refractivity contribution in [2.45, 2.75) is 71.0 Å². The van der Waals surface area contributed by atoms with E-state index in [2.05, 4.69) is 13.8 Å². The molecule has 1 aromatic rings. The number of aliphatic hydroxyl groups excluding tert-OH is 1. The molecular formula is C26H31ClO4. The van der Waals surface area contributed by atoms with E-state index >= 15 is 0 Å². The number of hydrogen-bond donors (Lipinski definition) is 1. The molecule has 5 heteroatoms. The lowest BCUT2D eigenvalue weighted by molar-refractivity contribution is -0.135. The number of benzene rings is 1. The Morgan fingerprint density at radius 2 is 1.87 bits per heavy atom. The zero-order valence-electron chi connectivity index (χ0n) is 18.3. The van der Waals surface area contributed by atoms with Gasteiger partial charge in [-0.15, -0.1) is 0 Å². The summed E-state index contributed by atoms with van der Waals surface area (Å²) in [7, 11) is 0. The van der Waals surface area contributed by atoms with Crippen molar-refractivity contribution >= 4 is 23.4 Å². The molecule has 31 heavy (non-hydrogen) atoms. The van der Waals surface area contributed by atoms with E-state index in [4.69, 9.17) is 16.3 Å². The average Bonchev–Trinajstić information content (AvgIpc) is 3.04. The molecule has 3 fully saturated rings. The van der Waals surface area contributed by atoms with E-state index in [1.165, 1.54) is 5.57 Å². The van der Waals surface area contributed by atoms with Gasteiger partial charge in [0.1, 0.15) is 11.9 Å². The molecule has 4 unspecified atom stereocenters. The van der Waals surface area contributed by atoms with Crippen molar-refractivity contribution in [3.8, 4) is 0 Å². The molecule has 0 radical (unpaired) electrons. The number of halogens is 1. The molecule has 0 bridgehead atoms.